The number of likely N-dealkylation sites (tertiary alicyclic amines) is 1. The largest absolute Gasteiger partial charge is 0.336 e. The zero-order valence-electron chi connectivity index (χ0n) is 17.1. The molecule has 1 atom stereocenters. The monoisotopic (exact) mass is 389 g/mol. The predicted molar refractivity (Wildman–Crippen MR) is 115 cm³/mol. The molecule has 0 aliphatic carbocycles. The van der Waals surface area contributed by atoms with Crippen LogP contribution in [0.2, 0.25) is 0 Å². The molecule has 5 heteroatoms. The molecule has 1 unspecified atom stereocenters. The lowest BCUT2D eigenvalue weighted by Gasteiger charge is -2.35. The number of carbonyl (C=O) groups excluding carboxylic acids is 1. The molecular weight excluding hydrogens is 362 g/mol. The van der Waals surface area contributed by atoms with Gasteiger partial charge >= 0.3 is 0 Å². The first-order chi connectivity index (χ1) is 14.1. The lowest BCUT2D eigenvalue weighted by atomic mass is 9.99. The molecule has 1 amide bonds. The van der Waals surface area contributed by atoms with Gasteiger partial charge in [0.05, 0.1) is 6.54 Å². The fraction of sp³-hybridized carbons (Fsp3) is 0.375. The number of amides is 1. The van der Waals surface area contributed by atoms with E-state index in [2.05, 4.69) is 11.9 Å². The topological polar surface area (TPSA) is 55.2 Å². The standard InChI is InChI=1S/C24H27N3O2/c1-3-20-8-4-5-14-26(20)23(28)21-15-19-7-6-13-25-22(19)27(24(21)29)16-18-11-9-17(2)10-12-18/h6-7,9-13,15,20H,3-5,8,14,16H2,1-2H3. The van der Waals surface area contributed by atoms with E-state index < -0.39 is 0 Å². The number of fused-ring (bicyclic) bond motifs is 1. The van der Waals surface area contributed by atoms with E-state index in [0.717, 1.165) is 43.2 Å². The molecular formula is C24H27N3O2. The minimum atomic E-state index is -0.262. The van der Waals surface area contributed by atoms with Gasteiger partial charge in [0.15, 0.2) is 0 Å². The van der Waals surface area contributed by atoms with Crippen LogP contribution in [0.5, 0.6) is 0 Å². The lowest BCUT2D eigenvalue weighted by Crippen LogP contribution is -2.45. The van der Waals surface area contributed by atoms with Crippen molar-refractivity contribution >= 4 is 16.9 Å². The van der Waals surface area contributed by atoms with Crippen LogP contribution in [0.25, 0.3) is 11.0 Å². The van der Waals surface area contributed by atoms with Crippen molar-refractivity contribution in [3.05, 3.63) is 75.7 Å². The Balaban J connectivity index is 1.81. The summed E-state index contributed by atoms with van der Waals surface area (Å²) in [5.74, 6) is -0.148. The Morgan fingerprint density at radius 1 is 1.17 bits per heavy atom. The molecule has 3 heterocycles. The summed E-state index contributed by atoms with van der Waals surface area (Å²) in [5.41, 5.74) is 2.78. The highest BCUT2D eigenvalue weighted by molar-refractivity contribution is 5.97. The molecule has 0 N–H and O–H groups in total. The highest BCUT2D eigenvalue weighted by Crippen LogP contribution is 2.22. The zero-order chi connectivity index (χ0) is 20.4. The van der Waals surface area contributed by atoms with Gasteiger partial charge in [-0.3, -0.25) is 14.2 Å². The molecule has 0 bridgehead atoms. The lowest BCUT2D eigenvalue weighted by molar-refractivity contribution is 0.0606. The minimum absolute atomic E-state index is 0.148. The van der Waals surface area contributed by atoms with Gasteiger partial charge in [0, 0.05) is 24.2 Å². The average Bonchev–Trinajstić information content (AvgIpc) is 2.76. The first kappa shape index (κ1) is 19.4. The SMILES string of the molecule is CCC1CCCCN1C(=O)c1cc2cccnc2n(Cc2ccc(C)cc2)c1=O. The van der Waals surface area contributed by atoms with Crippen molar-refractivity contribution in [2.75, 3.05) is 6.54 Å². The smallest absolute Gasteiger partial charge is 0.265 e. The number of aryl methyl sites for hydroxylation is 1. The maximum absolute atomic E-state index is 13.4. The molecule has 0 spiro atoms. The summed E-state index contributed by atoms with van der Waals surface area (Å²) < 4.78 is 1.64. The van der Waals surface area contributed by atoms with Crippen molar-refractivity contribution in [2.45, 2.75) is 52.1 Å². The summed E-state index contributed by atoms with van der Waals surface area (Å²) >= 11 is 0. The third-order valence-corrected chi connectivity index (χ3v) is 5.90. The van der Waals surface area contributed by atoms with E-state index in [1.807, 2.05) is 48.2 Å². The molecule has 29 heavy (non-hydrogen) atoms. The van der Waals surface area contributed by atoms with Crippen LogP contribution < -0.4 is 5.56 Å². The van der Waals surface area contributed by atoms with Crippen molar-refractivity contribution in [3.63, 3.8) is 0 Å². The molecule has 1 aliphatic heterocycles. The van der Waals surface area contributed by atoms with Gasteiger partial charge < -0.3 is 4.90 Å². The molecule has 4 rings (SSSR count). The maximum atomic E-state index is 13.4. The summed E-state index contributed by atoms with van der Waals surface area (Å²) in [6.45, 7) is 5.26. The number of nitrogens with zero attached hydrogens (tertiary/aromatic N) is 3. The van der Waals surface area contributed by atoms with Crippen LogP contribution in [-0.4, -0.2) is 32.9 Å². The molecule has 1 aromatic carbocycles. The quantitative estimate of drug-likeness (QED) is 0.673. The Hall–Kier alpha value is -2.95. The number of benzene rings is 1. The van der Waals surface area contributed by atoms with Crippen LogP contribution in [0.3, 0.4) is 0 Å². The van der Waals surface area contributed by atoms with Gasteiger partial charge in [0.2, 0.25) is 0 Å². The van der Waals surface area contributed by atoms with Gasteiger partial charge in [0.1, 0.15) is 11.2 Å². The molecule has 1 saturated heterocycles. The molecule has 3 aromatic rings. The molecule has 5 nitrogen and oxygen atoms in total. The maximum Gasteiger partial charge on any atom is 0.265 e. The summed E-state index contributed by atoms with van der Waals surface area (Å²) in [6, 6.07) is 13.8. The van der Waals surface area contributed by atoms with Crippen LogP contribution in [-0.2, 0) is 6.54 Å². The van der Waals surface area contributed by atoms with Crippen LogP contribution >= 0.6 is 0 Å². The number of pyridine rings is 2. The van der Waals surface area contributed by atoms with E-state index in [1.165, 1.54) is 5.56 Å². The summed E-state index contributed by atoms with van der Waals surface area (Å²) in [4.78, 5) is 33.1. The molecule has 1 fully saturated rings. The third-order valence-electron chi connectivity index (χ3n) is 5.90. The van der Waals surface area contributed by atoms with Gasteiger partial charge in [-0.2, -0.15) is 0 Å². The van der Waals surface area contributed by atoms with E-state index in [1.54, 1.807) is 16.8 Å². The van der Waals surface area contributed by atoms with Crippen LogP contribution in [0, 0.1) is 6.92 Å². The van der Waals surface area contributed by atoms with E-state index in [-0.39, 0.29) is 23.1 Å². The number of hydrogen-bond donors (Lipinski definition) is 0. The zero-order valence-corrected chi connectivity index (χ0v) is 17.1. The Morgan fingerprint density at radius 2 is 1.97 bits per heavy atom. The first-order valence-electron chi connectivity index (χ1n) is 10.4. The van der Waals surface area contributed by atoms with Gasteiger partial charge in [-0.15, -0.1) is 0 Å². The number of rotatable bonds is 4. The fourth-order valence-corrected chi connectivity index (χ4v) is 4.23. The second-order valence-corrected chi connectivity index (χ2v) is 7.91. The second kappa shape index (κ2) is 8.19. The van der Waals surface area contributed by atoms with Crippen LogP contribution in [0.15, 0.2) is 53.5 Å². The second-order valence-electron chi connectivity index (χ2n) is 7.91. The number of piperidine rings is 1. The number of hydrogen-bond acceptors (Lipinski definition) is 3. The summed E-state index contributed by atoms with van der Waals surface area (Å²) in [7, 11) is 0. The van der Waals surface area contributed by atoms with Gasteiger partial charge in [-0.05, 0) is 56.4 Å². The predicted octanol–water partition coefficient (Wildman–Crippen LogP) is 4.16. The van der Waals surface area contributed by atoms with E-state index in [0.29, 0.717) is 12.2 Å². The number of carbonyl (C=O) groups is 1. The normalized spacial score (nSPS) is 16.9. The Morgan fingerprint density at radius 3 is 2.72 bits per heavy atom. The highest BCUT2D eigenvalue weighted by atomic mass is 16.2. The number of aromatic nitrogens is 2. The fourth-order valence-electron chi connectivity index (χ4n) is 4.23. The van der Waals surface area contributed by atoms with Gasteiger partial charge in [0.25, 0.3) is 11.5 Å². The van der Waals surface area contributed by atoms with Crippen molar-refractivity contribution in [2.24, 2.45) is 0 Å². The van der Waals surface area contributed by atoms with Crippen molar-refractivity contribution in [3.8, 4) is 0 Å². The Kier molecular flexibility index (Phi) is 5.47. The first-order valence-corrected chi connectivity index (χ1v) is 10.4. The van der Waals surface area contributed by atoms with E-state index in [9.17, 15) is 9.59 Å². The summed E-state index contributed by atoms with van der Waals surface area (Å²) in [6.07, 6.45) is 5.75. The van der Waals surface area contributed by atoms with Crippen molar-refractivity contribution in [1.82, 2.24) is 14.5 Å². The molecule has 150 valence electrons. The molecule has 0 saturated carbocycles. The molecule has 1 aliphatic rings. The Bertz CT molecular complexity index is 1090. The summed E-state index contributed by atoms with van der Waals surface area (Å²) in [5, 5.41) is 0.813. The van der Waals surface area contributed by atoms with Crippen LogP contribution in [0.4, 0.5) is 0 Å². The van der Waals surface area contributed by atoms with Crippen molar-refractivity contribution in [1.29, 1.82) is 0 Å². The molecule has 2 aromatic heterocycles. The van der Waals surface area contributed by atoms with Gasteiger partial charge in [-0.1, -0.05) is 36.8 Å². The minimum Gasteiger partial charge on any atom is -0.336 e. The third kappa shape index (κ3) is 3.82. The van der Waals surface area contributed by atoms with Crippen molar-refractivity contribution < 1.29 is 4.79 Å². The molecule has 0 radical (unpaired) electrons. The Labute approximate surface area is 171 Å². The van der Waals surface area contributed by atoms with Gasteiger partial charge in [-0.25, -0.2) is 4.98 Å². The average molecular weight is 389 g/mol. The van der Waals surface area contributed by atoms with E-state index >= 15 is 0 Å². The van der Waals surface area contributed by atoms with Crippen LogP contribution in [0.1, 0.15) is 54.1 Å². The van der Waals surface area contributed by atoms with E-state index in [4.69, 9.17) is 0 Å². The highest BCUT2D eigenvalue weighted by Gasteiger charge is 2.28.